The molecule has 4 nitrogen and oxygen atoms in total. The number of rotatable bonds is 5. The fourth-order valence-electron chi connectivity index (χ4n) is 2.05. The highest BCUT2D eigenvalue weighted by Crippen LogP contribution is 2.18. The Labute approximate surface area is 95.8 Å². The van der Waals surface area contributed by atoms with Crippen LogP contribution in [-0.4, -0.2) is 66.0 Å². The molecule has 1 aliphatic heterocycles. The summed E-state index contributed by atoms with van der Waals surface area (Å²) in [5.74, 6) is -0.924. The molecule has 0 radical (unpaired) electrons. The summed E-state index contributed by atoms with van der Waals surface area (Å²) in [7, 11) is 4.07. The van der Waals surface area contributed by atoms with Crippen LogP contribution in [0.3, 0.4) is 0 Å². The molecule has 0 amide bonds. The Bertz CT molecular complexity index is 223. The Kier molecular flexibility index (Phi) is 4.83. The molecular formula is C10H19ClN2O2. The van der Waals surface area contributed by atoms with Crippen molar-refractivity contribution >= 4 is 17.6 Å². The molecule has 0 aromatic rings. The number of aliphatic carboxylic acids is 1. The van der Waals surface area contributed by atoms with Gasteiger partial charge in [-0.3, -0.25) is 9.69 Å². The van der Waals surface area contributed by atoms with E-state index in [-0.39, 0.29) is 0 Å². The molecule has 1 saturated heterocycles. The Morgan fingerprint density at radius 1 is 1.67 bits per heavy atom. The Balaban J connectivity index is 2.42. The van der Waals surface area contributed by atoms with E-state index in [9.17, 15) is 4.79 Å². The summed E-state index contributed by atoms with van der Waals surface area (Å²) < 4.78 is 0. The summed E-state index contributed by atoms with van der Waals surface area (Å²) in [6.45, 7) is 2.40. The van der Waals surface area contributed by atoms with Crippen LogP contribution in [-0.2, 0) is 4.79 Å². The first-order valence-electron chi connectivity index (χ1n) is 5.26. The molecule has 1 aliphatic rings. The second kappa shape index (κ2) is 5.68. The van der Waals surface area contributed by atoms with Crippen LogP contribution in [0, 0.1) is 0 Å². The van der Waals surface area contributed by atoms with Crippen LogP contribution in [0.15, 0.2) is 0 Å². The molecular weight excluding hydrogens is 216 g/mol. The van der Waals surface area contributed by atoms with E-state index < -0.39 is 11.3 Å². The fourth-order valence-corrected chi connectivity index (χ4v) is 2.23. The van der Waals surface area contributed by atoms with Gasteiger partial charge in [0.15, 0.2) is 0 Å². The molecule has 0 aliphatic carbocycles. The van der Waals surface area contributed by atoms with Gasteiger partial charge in [-0.1, -0.05) is 0 Å². The summed E-state index contributed by atoms with van der Waals surface area (Å²) >= 11 is 5.74. The van der Waals surface area contributed by atoms with Gasteiger partial charge < -0.3 is 10.0 Å². The number of likely N-dealkylation sites (N-methyl/N-ethyl adjacent to an activating group) is 1. The maximum absolute atomic E-state index is 10.6. The molecule has 15 heavy (non-hydrogen) atoms. The fraction of sp³-hybridized carbons (Fsp3) is 0.900. The average Bonchev–Trinajstić information content (AvgIpc) is 2.51. The summed E-state index contributed by atoms with van der Waals surface area (Å²) in [6, 6.07) is 0.459. The molecule has 0 aromatic carbocycles. The quantitative estimate of drug-likeness (QED) is 0.712. The van der Waals surface area contributed by atoms with Crippen molar-refractivity contribution in [1.29, 1.82) is 0 Å². The summed E-state index contributed by atoms with van der Waals surface area (Å²) in [4.78, 5) is 15.0. The normalized spacial score (nSPS) is 24.7. The van der Waals surface area contributed by atoms with Gasteiger partial charge in [-0.25, -0.2) is 0 Å². The monoisotopic (exact) mass is 234 g/mol. The summed E-state index contributed by atoms with van der Waals surface area (Å²) in [6.07, 6.45) is 2.28. The maximum atomic E-state index is 10.6. The first-order chi connectivity index (χ1) is 7.00. The van der Waals surface area contributed by atoms with Crippen molar-refractivity contribution in [2.24, 2.45) is 0 Å². The van der Waals surface area contributed by atoms with Crippen LogP contribution in [0.5, 0.6) is 0 Å². The van der Waals surface area contributed by atoms with E-state index in [0.29, 0.717) is 12.6 Å². The molecule has 2 unspecified atom stereocenters. The van der Waals surface area contributed by atoms with Crippen molar-refractivity contribution < 1.29 is 9.90 Å². The molecule has 0 aromatic heterocycles. The van der Waals surface area contributed by atoms with Crippen LogP contribution < -0.4 is 0 Å². The van der Waals surface area contributed by atoms with Crippen LogP contribution in [0.25, 0.3) is 0 Å². The molecule has 0 spiro atoms. The van der Waals surface area contributed by atoms with Crippen molar-refractivity contribution in [3.05, 3.63) is 0 Å². The van der Waals surface area contributed by atoms with Crippen LogP contribution in [0.2, 0.25) is 0 Å². The van der Waals surface area contributed by atoms with E-state index in [2.05, 4.69) is 9.80 Å². The molecule has 2 atom stereocenters. The zero-order valence-corrected chi connectivity index (χ0v) is 10.1. The SMILES string of the molecule is CN(C)CC1CCCN1CC(Cl)C(=O)O. The van der Waals surface area contributed by atoms with E-state index in [1.807, 2.05) is 14.1 Å². The smallest absolute Gasteiger partial charge is 0.322 e. The highest BCUT2D eigenvalue weighted by Gasteiger charge is 2.28. The van der Waals surface area contributed by atoms with E-state index in [0.717, 1.165) is 25.9 Å². The third-order valence-corrected chi connectivity index (χ3v) is 3.06. The Morgan fingerprint density at radius 2 is 2.33 bits per heavy atom. The van der Waals surface area contributed by atoms with Gasteiger partial charge in [0, 0.05) is 19.1 Å². The molecule has 1 N–H and O–H groups in total. The van der Waals surface area contributed by atoms with Gasteiger partial charge in [0.1, 0.15) is 5.38 Å². The third kappa shape index (κ3) is 3.97. The minimum atomic E-state index is -0.924. The summed E-state index contributed by atoms with van der Waals surface area (Å²) in [5.41, 5.74) is 0. The lowest BCUT2D eigenvalue weighted by atomic mass is 10.2. The standard InChI is InChI=1S/C10H19ClN2O2/c1-12(2)6-8-4-3-5-13(8)7-9(11)10(14)15/h8-9H,3-7H2,1-2H3,(H,14,15). The van der Waals surface area contributed by atoms with Crippen LogP contribution in [0.1, 0.15) is 12.8 Å². The molecule has 1 fully saturated rings. The lowest BCUT2D eigenvalue weighted by Crippen LogP contribution is -2.42. The van der Waals surface area contributed by atoms with E-state index in [4.69, 9.17) is 16.7 Å². The molecule has 88 valence electrons. The lowest BCUT2D eigenvalue weighted by Gasteiger charge is -2.27. The van der Waals surface area contributed by atoms with Gasteiger partial charge in [0.2, 0.25) is 0 Å². The zero-order valence-electron chi connectivity index (χ0n) is 9.32. The van der Waals surface area contributed by atoms with Crippen LogP contribution >= 0.6 is 11.6 Å². The molecule has 1 heterocycles. The van der Waals surface area contributed by atoms with Crippen molar-refractivity contribution in [3.63, 3.8) is 0 Å². The van der Waals surface area contributed by atoms with E-state index >= 15 is 0 Å². The van der Waals surface area contributed by atoms with Gasteiger partial charge in [-0.2, -0.15) is 0 Å². The van der Waals surface area contributed by atoms with Gasteiger partial charge in [-0.15, -0.1) is 11.6 Å². The molecule has 5 heteroatoms. The number of hydrogen-bond donors (Lipinski definition) is 1. The highest BCUT2D eigenvalue weighted by molar-refractivity contribution is 6.29. The molecule has 1 rings (SSSR count). The second-order valence-corrected chi connectivity index (χ2v) is 4.89. The van der Waals surface area contributed by atoms with Gasteiger partial charge in [0.05, 0.1) is 0 Å². The minimum Gasteiger partial charge on any atom is -0.480 e. The van der Waals surface area contributed by atoms with Crippen molar-refractivity contribution in [3.8, 4) is 0 Å². The van der Waals surface area contributed by atoms with Crippen molar-refractivity contribution in [2.45, 2.75) is 24.3 Å². The number of nitrogens with zero attached hydrogens (tertiary/aromatic N) is 2. The van der Waals surface area contributed by atoms with Crippen molar-refractivity contribution in [2.75, 3.05) is 33.7 Å². The predicted molar refractivity (Wildman–Crippen MR) is 60.4 cm³/mol. The number of alkyl halides is 1. The number of hydrogen-bond acceptors (Lipinski definition) is 3. The first-order valence-corrected chi connectivity index (χ1v) is 5.70. The number of carboxylic acid groups (broad SMARTS) is 1. The third-order valence-electron chi connectivity index (χ3n) is 2.74. The van der Waals surface area contributed by atoms with Gasteiger partial charge in [-0.05, 0) is 33.5 Å². The lowest BCUT2D eigenvalue weighted by molar-refractivity contribution is -0.137. The van der Waals surface area contributed by atoms with Gasteiger partial charge in [0.25, 0.3) is 0 Å². The average molecular weight is 235 g/mol. The number of halogens is 1. The molecule has 0 bridgehead atoms. The Hall–Kier alpha value is -0.320. The zero-order chi connectivity index (χ0) is 11.4. The van der Waals surface area contributed by atoms with Crippen LogP contribution in [0.4, 0.5) is 0 Å². The maximum Gasteiger partial charge on any atom is 0.322 e. The number of carbonyl (C=O) groups is 1. The molecule has 0 saturated carbocycles. The predicted octanol–water partition coefficient (Wildman–Crippen LogP) is 0.704. The first kappa shape index (κ1) is 12.7. The van der Waals surface area contributed by atoms with E-state index in [1.165, 1.54) is 0 Å². The minimum absolute atomic E-state index is 0.454. The highest BCUT2D eigenvalue weighted by atomic mass is 35.5. The summed E-state index contributed by atoms with van der Waals surface area (Å²) in [5, 5.41) is 7.96. The number of likely N-dealkylation sites (tertiary alicyclic amines) is 1. The van der Waals surface area contributed by atoms with E-state index in [1.54, 1.807) is 0 Å². The second-order valence-electron chi connectivity index (χ2n) is 4.36. The topological polar surface area (TPSA) is 43.8 Å². The largest absolute Gasteiger partial charge is 0.480 e. The Morgan fingerprint density at radius 3 is 2.87 bits per heavy atom. The van der Waals surface area contributed by atoms with Crippen molar-refractivity contribution in [1.82, 2.24) is 9.80 Å². The van der Waals surface area contributed by atoms with Gasteiger partial charge >= 0.3 is 5.97 Å². The number of carboxylic acids is 1.